The van der Waals surface area contributed by atoms with E-state index < -0.39 is 6.04 Å². The van der Waals surface area contributed by atoms with Gasteiger partial charge in [-0.05, 0) is 18.2 Å². The van der Waals surface area contributed by atoms with Gasteiger partial charge >= 0.3 is 0 Å². The molecule has 0 aliphatic carbocycles. The molecular formula is C16H12BrN3O2. The van der Waals surface area contributed by atoms with E-state index in [0.29, 0.717) is 11.3 Å². The summed E-state index contributed by atoms with van der Waals surface area (Å²) in [6, 6.07) is 12.8. The van der Waals surface area contributed by atoms with E-state index in [4.69, 9.17) is 0 Å². The molecule has 0 saturated heterocycles. The predicted octanol–water partition coefficient (Wildman–Crippen LogP) is 3.26. The minimum absolute atomic E-state index is 0.177. The predicted molar refractivity (Wildman–Crippen MR) is 87.4 cm³/mol. The summed E-state index contributed by atoms with van der Waals surface area (Å²) in [5.74, 6) is -0.177. The largest absolute Gasteiger partial charge is 0.356 e. The maximum atomic E-state index is 12.4. The summed E-state index contributed by atoms with van der Waals surface area (Å²) in [5, 5.41) is 15.7. The molecule has 2 aliphatic heterocycles. The minimum atomic E-state index is -0.452. The van der Waals surface area contributed by atoms with E-state index in [2.05, 4.69) is 32.0 Å². The van der Waals surface area contributed by atoms with Crippen LogP contribution >= 0.6 is 15.9 Å². The van der Waals surface area contributed by atoms with Crippen LogP contribution in [0, 0.1) is 0 Å². The summed E-state index contributed by atoms with van der Waals surface area (Å²) in [4.78, 5) is 12.4. The van der Waals surface area contributed by atoms with Crippen molar-refractivity contribution in [2.75, 3.05) is 10.6 Å². The highest BCUT2D eigenvalue weighted by Crippen LogP contribution is 2.43. The first-order valence-electron chi connectivity index (χ1n) is 6.80. The lowest BCUT2D eigenvalue weighted by atomic mass is 10.00. The highest BCUT2D eigenvalue weighted by Gasteiger charge is 2.35. The zero-order valence-corrected chi connectivity index (χ0v) is 12.9. The average Bonchev–Trinajstić information content (AvgIpc) is 3.02. The Morgan fingerprint density at radius 3 is 2.73 bits per heavy atom. The summed E-state index contributed by atoms with van der Waals surface area (Å²) in [7, 11) is 0. The smallest absolute Gasteiger partial charge is 0.258 e. The Hall–Kier alpha value is -2.15. The van der Waals surface area contributed by atoms with Crippen molar-refractivity contribution in [1.29, 1.82) is 0 Å². The Morgan fingerprint density at radius 1 is 1.09 bits per heavy atom. The van der Waals surface area contributed by atoms with E-state index in [-0.39, 0.29) is 5.91 Å². The van der Waals surface area contributed by atoms with Gasteiger partial charge in [0.15, 0.2) is 0 Å². The Morgan fingerprint density at radius 2 is 1.91 bits per heavy atom. The van der Waals surface area contributed by atoms with Gasteiger partial charge in [-0.15, -0.1) is 0 Å². The minimum Gasteiger partial charge on any atom is -0.356 e. The number of amides is 1. The van der Waals surface area contributed by atoms with Crippen molar-refractivity contribution in [2.45, 2.75) is 6.04 Å². The van der Waals surface area contributed by atoms with Gasteiger partial charge in [-0.2, -0.15) is 5.48 Å². The van der Waals surface area contributed by atoms with E-state index in [9.17, 15) is 10.0 Å². The van der Waals surface area contributed by atoms with Gasteiger partial charge in [-0.1, -0.05) is 40.2 Å². The molecule has 4 rings (SSSR count). The fourth-order valence-corrected chi connectivity index (χ4v) is 3.35. The first-order chi connectivity index (χ1) is 10.7. The lowest BCUT2D eigenvalue weighted by Gasteiger charge is -2.12. The number of anilines is 2. The topological polar surface area (TPSA) is 73.4 Å². The fraction of sp³-hybridized carbons (Fsp3) is 0.0625. The normalized spacial score (nSPS) is 22.1. The highest BCUT2D eigenvalue weighted by atomic mass is 79.9. The number of hydroxylamine groups is 1. The van der Waals surface area contributed by atoms with Gasteiger partial charge in [-0.3, -0.25) is 4.79 Å². The van der Waals surface area contributed by atoms with Crippen LogP contribution < -0.4 is 16.1 Å². The lowest BCUT2D eigenvalue weighted by molar-refractivity contribution is -0.110. The Bertz CT molecular complexity index is 832. The van der Waals surface area contributed by atoms with Crippen LogP contribution in [0.2, 0.25) is 0 Å². The molecule has 5 nitrogen and oxygen atoms in total. The molecule has 0 radical (unpaired) electrons. The van der Waals surface area contributed by atoms with Crippen molar-refractivity contribution in [3.8, 4) is 0 Å². The molecule has 2 aromatic rings. The van der Waals surface area contributed by atoms with Crippen LogP contribution in [-0.2, 0) is 4.79 Å². The maximum Gasteiger partial charge on any atom is 0.258 e. The highest BCUT2D eigenvalue weighted by molar-refractivity contribution is 9.10. The van der Waals surface area contributed by atoms with E-state index >= 15 is 0 Å². The zero-order valence-electron chi connectivity index (χ0n) is 11.4. The first kappa shape index (κ1) is 13.5. The van der Waals surface area contributed by atoms with E-state index in [1.165, 1.54) is 0 Å². The summed E-state index contributed by atoms with van der Waals surface area (Å²) < 4.78 is 0.900. The van der Waals surface area contributed by atoms with Gasteiger partial charge < -0.3 is 15.8 Å². The second kappa shape index (κ2) is 4.95. The molecule has 0 bridgehead atoms. The zero-order chi connectivity index (χ0) is 15.3. The molecular weight excluding hydrogens is 346 g/mol. The van der Waals surface area contributed by atoms with Gasteiger partial charge in [-0.25, -0.2) is 0 Å². The van der Waals surface area contributed by atoms with Crippen LogP contribution in [0.1, 0.15) is 17.2 Å². The molecule has 2 aromatic carbocycles. The number of fused-ring (bicyclic) bond motifs is 2. The number of rotatable bonds is 1. The number of para-hydroxylation sites is 1. The van der Waals surface area contributed by atoms with Crippen LogP contribution in [0.5, 0.6) is 0 Å². The molecule has 2 aliphatic rings. The Labute approximate surface area is 135 Å². The third kappa shape index (κ3) is 1.89. The summed E-state index contributed by atoms with van der Waals surface area (Å²) >= 11 is 3.40. The summed E-state index contributed by atoms with van der Waals surface area (Å²) in [5.41, 5.74) is 6.88. The van der Waals surface area contributed by atoms with Crippen LogP contribution in [0.25, 0.3) is 5.57 Å². The molecule has 0 aromatic heterocycles. The van der Waals surface area contributed by atoms with Crippen molar-refractivity contribution in [2.24, 2.45) is 0 Å². The van der Waals surface area contributed by atoms with Crippen molar-refractivity contribution < 1.29 is 10.0 Å². The number of hydrogen-bond acceptors (Lipinski definition) is 4. The molecule has 0 fully saturated rings. The molecule has 1 unspecified atom stereocenters. The van der Waals surface area contributed by atoms with Crippen molar-refractivity contribution in [3.63, 3.8) is 0 Å². The second-order valence-corrected chi connectivity index (χ2v) is 6.12. The van der Waals surface area contributed by atoms with Gasteiger partial charge in [0.1, 0.15) is 0 Å². The van der Waals surface area contributed by atoms with Crippen LogP contribution in [0.3, 0.4) is 0 Å². The maximum absolute atomic E-state index is 12.4. The summed E-state index contributed by atoms with van der Waals surface area (Å²) in [6.07, 6.45) is 0. The van der Waals surface area contributed by atoms with E-state index in [0.717, 1.165) is 27.0 Å². The fourth-order valence-electron chi connectivity index (χ4n) is 2.99. The number of benzene rings is 2. The van der Waals surface area contributed by atoms with Crippen molar-refractivity contribution in [3.05, 3.63) is 63.8 Å². The number of hydrogen-bond donors (Lipinski definition) is 4. The molecule has 6 heteroatoms. The van der Waals surface area contributed by atoms with Crippen molar-refractivity contribution in [1.82, 2.24) is 5.48 Å². The second-order valence-electron chi connectivity index (χ2n) is 5.21. The molecule has 0 saturated carbocycles. The van der Waals surface area contributed by atoms with Crippen molar-refractivity contribution >= 4 is 38.8 Å². The first-order valence-corrected chi connectivity index (χ1v) is 7.59. The van der Waals surface area contributed by atoms with Crippen LogP contribution in [0.4, 0.5) is 11.4 Å². The molecule has 110 valence electrons. The summed E-state index contributed by atoms with van der Waals surface area (Å²) in [6.45, 7) is 0. The van der Waals surface area contributed by atoms with E-state index in [1.807, 2.05) is 42.5 Å². The van der Waals surface area contributed by atoms with Gasteiger partial charge in [0.2, 0.25) is 0 Å². The third-order valence-corrected chi connectivity index (χ3v) is 4.45. The molecule has 2 heterocycles. The van der Waals surface area contributed by atoms with Crippen LogP contribution in [-0.4, -0.2) is 11.1 Å². The molecule has 1 amide bonds. The average molecular weight is 358 g/mol. The molecule has 1 atom stereocenters. The number of nitrogens with one attached hydrogen (secondary N) is 3. The standard InChI is InChI=1S/C16H12BrN3O2/c17-8-5-6-9-12(7-8)19-16(21)13(9)15-14(20-22)10-3-1-2-4-11(10)18-15/h1-7,14,18,20,22H,(H,19,21). The van der Waals surface area contributed by atoms with Crippen LogP contribution in [0.15, 0.2) is 52.6 Å². The number of carbonyl (C=O) groups is 1. The Balaban J connectivity index is 1.91. The molecule has 22 heavy (non-hydrogen) atoms. The van der Waals surface area contributed by atoms with Gasteiger partial charge in [0.25, 0.3) is 5.91 Å². The number of halogens is 1. The molecule has 4 N–H and O–H groups in total. The lowest BCUT2D eigenvalue weighted by Crippen LogP contribution is -2.20. The van der Waals surface area contributed by atoms with Gasteiger partial charge in [0.05, 0.1) is 23.0 Å². The monoisotopic (exact) mass is 357 g/mol. The van der Waals surface area contributed by atoms with E-state index in [1.54, 1.807) is 0 Å². The molecule has 0 spiro atoms. The number of carbonyl (C=O) groups excluding carboxylic acids is 1. The SMILES string of the molecule is O=C1Nc2cc(Br)ccc2C1=C1Nc2ccccc2C1NO. The third-order valence-electron chi connectivity index (χ3n) is 3.95. The Kier molecular flexibility index (Phi) is 3.04. The van der Waals surface area contributed by atoms with Gasteiger partial charge in [0, 0.05) is 21.3 Å². The quantitative estimate of drug-likeness (QED) is 0.466.